The summed E-state index contributed by atoms with van der Waals surface area (Å²) in [6, 6.07) is 0. The average Bonchev–Trinajstić information content (AvgIpc) is 2.74. The summed E-state index contributed by atoms with van der Waals surface area (Å²) in [5.41, 5.74) is -0.900. The normalized spacial score (nSPS) is 12.4. The smallest absolute Gasteiger partial charge is 0.341 e. The summed E-state index contributed by atoms with van der Waals surface area (Å²) in [4.78, 5) is 70.7. The molecule has 0 aromatic rings. The highest BCUT2D eigenvalue weighted by Gasteiger charge is 2.25. The number of carbonyl (C=O) groups excluding carboxylic acids is 6. The number of methoxy groups -OCH3 is 5. The van der Waals surface area contributed by atoms with E-state index < -0.39 is 65.5 Å². The lowest BCUT2D eigenvalue weighted by Crippen LogP contribution is -2.22. The van der Waals surface area contributed by atoms with Crippen LogP contribution < -0.4 is 0 Å². The van der Waals surface area contributed by atoms with Crippen LogP contribution in [0.1, 0.15) is 19.3 Å². The summed E-state index contributed by atoms with van der Waals surface area (Å²) in [5.74, 6) is -5.41. The van der Waals surface area contributed by atoms with Gasteiger partial charge in [0.15, 0.2) is 11.6 Å². The monoisotopic (exact) mass is 428 g/mol. The van der Waals surface area contributed by atoms with E-state index >= 15 is 0 Å². The molecule has 0 N–H and O–H groups in total. The van der Waals surface area contributed by atoms with Crippen LogP contribution in [0.25, 0.3) is 0 Å². The van der Waals surface area contributed by atoms with Crippen molar-refractivity contribution in [1.82, 2.24) is 0 Å². The average molecular weight is 428 g/mol. The third kappa shape index (κ3) is 8.78. The zero-order valence-electron chi connectivity index (χ0n) is 17.3. The molecule has 0 aliphatic carbocycles. The molecular weight excluding hydrogens is 404 g/mol. The molecule has 0 fully saturated rings. The first-order valence-electron chi connectivity index (χ1n) is 8.46. The predicted molar refractivity (Wildman–Crippen MR) is 98.9 cm³/mol. The minimum absolute atomic E-state index is 0.153. The maximum absolute atomic E-state index is 12.2. The van der Waals surface area contributed by atoms with Gasteiger partial charge < -0.3 is 23.7 Å². The van der Waals surface area contributed by atoms with E-state index in [9.17, 15) is 28.8 Å². The largest absolute Gasteiger partial charge is 0.469 e. The van der Waals surface area contributed by atoms with Gasteiger partial charge in [-0.15, -0.1) is 0 Å². The van der Waals surface area contributed by atoms with Gasteiger partial charge in [-0.05, 0) is 12.5 Å². The lowest BCUT2D eigenvalue weighted by molar-refractivity contribution is -0.145. The van der Waals surface area contributed by atoms with Crippen molar-refractivity contribution in [3.8, 4) is 0 Å². The van der Waals surface area contributed by atoms with Crippen molar-refractivity contribution in [3.05, 3.63) is 23.3 Å². The Bertz CT molecular complexity index is 746. The molecular formula is C19H24O11. The van der Waals surface area contributed by atoms with E-state index in [4.69, 9.17) is 4.74 Å². The maximum atomic E-state index is 12.2. The Hall–Kier alpha value is -3.34. The SMILES string of the molecule is COC(=O)CC(=O)/C(=C\C[C@@H](/C=C(\C(=O)CC(=O)OC)C(=O)OC)OC)C(=O)OC. The van der Waals surface area contributed by atoms with Gasteiger partial charge in [-0.2, -0.15) is 0 Å². The molecule has 0 radical (unpaired) electrons. The number of ketones is 2. The van der Waals surface area contributed by atoms with E-state index in [0.717, 1.165) is 40.6 Å². The van der Waals surface area contributed by atoms with Gasteiger partial charge in [-0.3, -0.25) is 19.2 Å². The fraction of sp³-hybridized carbons (Fsp3) is 0.474. The van der Waals surface area contributed by atoms with E-state index in [1.165, 1.54) is 7.11 Å². The second-order valence-electron chi connectivity index (χ2n) is 5.54. The Balaban J connectivity index is 5.78. The molecule has 11 nitrogen and oxygen atoms in total. The molecule has 0 amide bonds. The Labute approximate surface area is 172 Å². The molecule has 0 saturated heterocycles. The van der Waals surface area contributed by atoms with E-state index in [1.54, 1.807) is 0 Å². The number of hydrogen-bond donors (Lipinski definition) is 0. The van der Waals surface area contributed by atoms with Gasteiger partial charge in [-0.1, -0.05) is 6.08 Å². The molecule has 0 bridgehead atoms. The Morgan fingerprint density at radius 1 is 0.667 bits per heavy atom. The number of rotatable bonds is 12. The van der Waals surface area contributed by atoms with Crippen molar-refractivity contribution in [1.29, 1.82) is 0 Å². The van der Waals surface area contributed by atoms with Crippen molar-refractivity contribution in [2.75, 3.05) is 35.5 Å². The molecule has 0 aliphatic heterocycles. The van der Waals surface area contributed by atoms with E-state index in [-0.39, 0.29) is 6.42 Å². The van der Waals surface area contributed by atoms with Crippen molar-refractivity contribution in [3.63, 3.8) is 0 Å². The zero-order valence-corrected chi connectivity index (χ0v) is 17.3. The van der Waals surface area contributed by atoms with Crippen LogP contribution in [0.4, 0.5) is 0 Å². The van der Waals surface area contributed by atoms with Crippen LogP contribution in [-0.2, 0) is 52.5 Å². The second kappa shape index (κ2) is 13.8. The fourth-order valence-electron chi connectivity index (χ4n) is 2.05. The molecule has 0 aromatic heterocycles. The van der Waals surface area contributed by atoms with Crippen molar-refractivity contribution >= 4 is 35.4 Å². The molecule has 11 heteroatoms. The Kier molecular flexibility index (Phi) is 12.2. The van der Waals surface area contributed by atoms with Gasteiger partial charge in [0, 0.05) is 7.11 Å². The van der Waals surface area contributed by atoms with Crippen LogP contribution in [0, 0.1) is 0 Å². The minimum Gasteiger partial charge on any atom is -0.469 e. The van der Waals surface area contributed by atoms with Crippen LogP contribution in [0.15, 0.2) is 23.3 Å². The van der Waals surface area contributed by atoms with Crippen LogP contribution in [-0.4, -0.2) is 77.1 Å². The Morgan fingerprint density at radius 3 is 1.50 bits per heavy atom. The second-order valence-corrected chi connectivity index (χ2v) is 5.54. The number of ether oxygens (including phenoxy) is 5. The number of Topliss-reactive ketones (excluding diaryl/α,β-unsaturated/α-hetero) is 2. The standard InChI is InChI=1S/C19H24O11/c1-26-11(8-13(19(25)30-5)15(21)10-17(23)28-3)6-7-12(18(24)29-4)14(20)9-16(22)27-2/h7-8,11H,6,9-10H2,1-5H3/b12-7+,13-8+/t11-/m0/s1. The van der Waals surface area contributed by atoms with Crippen molar-refractivity contribution < 1.29 is 52.5 Å². The summed E-state index contributed by atoms with van der Waals surface area (Å²) >= 11 is 0. The molecule has 0 aromatic carbocycles. The summed E-state index contributed by atoms with van der Waals surface area (Å²) in [6.45, 7) is 0. The molecule has 166 valence electrons. The third-order valence-corrected chi connectivity index (χ3v) is 3.69. The van der Waals surface area contributed by atoms with Gasteiger partial charge in [-0.25, -0.2) is 9.59 Å². The molecule has 0 unspecified atom stereocenters. The molecule has 0 aliphatic rings. The Morgan fingerprint density at radius 2 is 1.10 bits per heavy atom. The van der Waals surface area contributed by atoms with Gasteiger partial charge in [0.25, 0.3) is 0 Å². The first-order valence-corrected chi connectivity index (χ1v) is 8.46. The van der Waals surface area contributed by atoms with E-state index in [0.29, 0.717) is 0 Å². The lowest BCUT2D eigenvalue weighted by atomic mass is 10.0. The predicted octanol–water partition coefficient (Wildman–Crippen LogP) is -0.145. The van der Waals surface area contributed by atoms with Crippen LogP contribution in [0.2, 0.25) is 0 Å². The van der Waals surface area contributed by atoms with Crippen molar-refractivity contribution in [2.45, 2.75) is 25.4 Å². The fourth-order valence-corrected chi connectivity index (χ4v) is 2.05. The summed E-state index contributed by atoms with van der Waals surface area (Å²) in [6.07, 6.45) is -0.273. The third-order valence-electron chi connectivity index (χ3n) is 3.69. The highest BCUT2D eigenvalue weighted by molar-refractivity contribution is 6.21. The molecule has 0 saturated carbocycles. The topological polar surface area (TPSA) is 149 Å². The van der Waals surface area contributed by atoms with Gasteiger partial charge in [0.1, 0.15) is 18.4 Å². The van der Waals surface area contributed by atoms with Gasteiger partial charge in [0.2, 0.25) is 0 Å². The number of esters is 4. The van der Waals surface area contributed by atoms with E-state index in [1.807, 2.05) is 0 Å². The van der Waals surface area contributed by atoms with Crippen LogP contribution in [0.5, 0.6) is 0 Å². The summed E-state index contributed by atoms with van der Waals surface area (Å²) in [7, 11) is 5.52. The summed E-state index contributed by atoms with van der Waals surface area (Å²) < 4.78 is 23.0. The molecule has 0 rings (SSSR count). The molecule has 1 atom stereocenters. The highest BCUT2D eigenvalue weighted by atomic mass is 16.5. The zero-order chi connectivity index (χ0) is 23.3. The lowest BCUT2D eigenvalue weighted by Gasteiger charge is -2.12. The first-order chi connectivity index (χ1) is 14.1. The van der Waals surface area contributed by atoms with E-state index in [2.05, 4.69) is 18.9 Å². The number of hydrogen-bond acceptors (Lipinski definition) is 11. The van der Waals surface area contributed by atoms with Gasteiger partial charge in [0.05, 0.1) is 40.1 Å². The first kappa shape index (κ1) is 26.7. The molecule has 0 heterocycles. The quantitative estimate of drug-likeness (QED) is 0.134. The van der Waals surface area contributed by atoms with Crippen molar-refractivity contribution in [2.24, 2.45) is 0 Å². The molecule has 30 heavy (non-hydrogen) atoms. The minimum atomic E-state index is -1.01. The molecule has 0 spiro atoms. The maximum Gasteiger partial charge on any atom is 0.341 e. The van der Waals surface area contributed by atoms with Crippen LogP contribution in [0.3, 0.4) is 0 Å². The number of carbonyl (C=O) groups is 6. The summed E-state index contributed by atoms with van der Waals surface area (Å²) in [5, 5.41) is 0. The van der Waals surface area contributed by atoms with Crippen LogP contribution >= 0.6 is 0 Å². The van der Waals surface area contributed by atoms with Gasteiger partial charge >= 0.3 is 23.9 Å². The highest BCUT2D eigenvalue weighted by Crippen LogP contribution is 2.13.